The molecular weight excluding hydrogens is 266 g/mol. The molecule has 1 aromatic carbocycles. The van der Waals surface area contributed by atoms with Crippen molar-refractivity contribution in [2.75, 3.05) is 18.9 Å². The maximum Gasteiger partial charge on any atom is 0.0576 e. The fourth-order valence-corrected chi connectivity index (χ4v) is 4.57. The normalized spacial score (nSPS) is 29.4. The Kier molecular flexibility index (Phi) is 5.03. The van der Waals surface area contributed by atoms with Crippen LogP contribution in [0.5, 0.6) is 0 Å². The van der Waals surface area contributed by atoms with Crippen LogP contribution in [-0.2, 0) is 4.74 Å². The molecule has 20 heavy (non-hydrogen) atoms. The van der Waals surface area contributed by atoms with E-state index in [1.165, 1.54) is 41.9 Å². The van der Waals surface area contributed by atoms with Gasteiger partial charge in [0.15, 0.2) is 0 Å². The Bertz CT molecular complexity index is 429. The minimum Gasteiger partial charge on any atom is -0.378 e. The average Bonchev–Trinajstić information content (AvgIpc) is 2.90. The van der Waals surface area contributed by atoms with Gasteiger partial charge in [0, 0.05) is 22.6 Å². The number of nitrogens with one attached hydrogen (secondary N) is 1. The maximum atomic E-state index is 6.21. The zero-order valence-electron chi connectivity index (χ0n) is 12.3. The van der Waals surface area contributed by atoms with Crippen LogP contribution in [-0.4, -0.2) is 31.1 Å². The first kappa shape index (κ1) is 14.4. The van der Waals surface area contributed by atoms with E-state index in [9.17, 15) is 0 Å². The molecule has 0 radical (unpaired) electrons. The van der Waals surface area contributed by atoms with Crippen molar-refractivity contribution in [1.29, 1.82) is 0 Å². The molecule has 1 aliphatic carbocycles. The van der Waals surface area contributed by atoms with E-state index in [4.69, 9.17) is 4.74 Å². The van der Waals surface area contributed by atoms with Crippen molar-refractivity contribution < 1.29 is 4.74 Å². The molecule has 1 aliphatic heterocycles. The minimum atomic E-state index is 0.489. The molecule has 0 spiro atoms. The van der Waals surface area contributed by atoms with Crippen LogP contribution in [0.1, 0.15) is 44.1 Å². The molecule has 0 amide bonds. The van der Waals surface area contributed by atoms with E-state index >= 15 is 0 Å². The molecule has 3 rings (SSSR count). The molecule has 1 fully saturated rings. The lowest BCUT2D eigenvalue weighted by molar-refractivity contribution is 0.0172. The van der Waals surface area contributed by atoms with Gasteiger partial charge in [0.1, 0.15) is 0 Å². The molecule has 0 saturated heterocycles. The molecule has 2 nitrogen and oxygen atoms in total. The lowest BCUT2D eigenvalue weighted by Gasteiger charge is -2.29. The summed E-state index contributed by atoms with van der Waals surface area (Å²) in [5, 5.41) is 3.56. The Morgan fingerprint density at radius 1 is 1.20 bits per heavy atom. The molecule has 1 atom stereocenters. The number of benzene rings is 1. The van der Waals surface area contributed by atoms with E-state index in [1.54, 1.807) is 0 Å². The van der Waals surface area contributed by atoms with Gasteiger partial charge in [-0.25, -0.2) is 0 Å². The zero-order valence-corrected chi connectivity index (χ0v) is 13.1. The van der Waals surface area contributed by atoms with Crippen molar-refractivity contribution in [1.82, 2.24) is 5.32 Å². The summed E-state index contributed by atoms with van der Waals surface area (Å²) in [6, 6.07) is 9.52. The highest BCUT2D eigenvalue weighted by molar-refractivity contribution is 7.99. The third-order valence-corrected chi connectivity index (χ3v) is 5.75. The second-order valence-corrected chi connectivity index (χ2v) is 6.97. The van der Waals surface area contributed by atoms with Crippen LogP contribution in [0.3, 0.4) is 0 Å². The third kappa shape index (κ3) is 3.38. The lowest BCUT2D eigenvalue weighted by atomic mass is 9.92. The maximum absolute atomic E-state index is 6.21. The van der Waals surface area contributed by atoms with Gasteiger partial charge in [-0.2, -0.15) is 0 Å². The van der Waals surface area contributed by atoms with Crippen LogP contribution in [0, 0.1) is 0 Å². The summed E-state index contributed by atoms with van der Waals surface area (Å²) in [5.74, 6) is 1.79. The predicted molar refractivity (Wildman–Crippen MR) is 85.6 cm³/mol. The van der Waals surface area contributed by atoms with Gasteiger partial charge in [-0.05, 0) is 43.9 Å². The average molecular weight is 291 g/mol. The first-order valence-corrected chi connectivity index (χ1v) is 8.92. The molecule has 1 saturated carbocycles. The molecule has 1 N–H and O–H groups in total. The molecule has 110 valence electrons. The topological polar surface area (TPSA) is 21.3 Å². The summed E-state index contributed by atoms with van der Waals surface area (Å²) in [6.07, 6.45) is 5.48. The highest BCUT2D eigenvalue weighted by Gasteiger charge is 2.26. The van der Waals surface area contributed by atoms with Crippen LogP contribution in [0.4, 0.5) is 0 Å². The second kappa shape index (κ2) is 6.97. The fourth-order valence-electron chi connectivity index (χ4n) is 3.34. The Balaban J connectivity index is 1.45. The zero-order chi connectivity index (χ0) is 13.8. The van der Waals surface area contributed by atoms with Crippen LogP contribution in [0.15, 0.2) is 29.2 Å². The van der Waals surface area contributed by atoms with Gasteiger partial charge in [0.05, 0.1) is 12.7 Å². The fraction of sp³-hybridized carbons (Fsp3) is 0.647. The summed E-state index contributed by atoms with van der Waals surface area (Å²) >= 11 is 1.98. The Hall–Kier alpha value is -0.510. The molecule has 1 heterocycles. The Morgan fingerprint density at radius 2 is 2.00 bits per heavy atom. The van der Waals surface area contributed by atoms with E-state index in [-0.39, 0.29) is 0 Å². The molecular formula is C17H25NOS. The highest BCUT2D eigenvalue weighted by atomic mass is 32.2. The summed E-state index contributed by atoms with van der Waals surface area (Å²) in [5.41, 5.74) is 1.50. The summed E-state index contributed by atoms with van der Waals surface area (Å²) in [6.45, 7) is 4.19. The molecule has 0 bridgehead atoms. The van der Waals surface area contributed by atoms with Crippen molar-refractivity contribution in [3.63, 3.8) is 0 Å². The Morgan fingerprint density at radius 3 is 2.80 bits per heavy atom. The third-order valence-electron chi connectivity index (χ3n) is 4.50. The number of thioether (sulfide) groups is 1. The first-order valence-electron chi connectivity index (χ1n) is 7.93. The summed E-state index contributed by atoms with van der Waals surface area (Å²) in [4.78, 5) is 1.46. The van der Waals surface area contributed by atoms with Crippen molar-refractivity contribution in [2.24, 2.45) is 0 Å². The van der Waals surface area contributed by atoms with Gasteiger partial charge >= 0.3 is 0 Å². The van der Waals surface area contributed by atoms with Gasteiger partial charge in [-0.3, -0.25) is 0 Å². The number of rotatable bonds is 5. The van der Waals surface area contributed by atoms with Crippen molar-refractivity contribution in [2.45, 2.75) is 55.6 Å². The van der Waals surface area contributed by atoms with E-state index < -0.39 is 0 Å². The molecule has 2 aliphatic rings. The van der Waals surface area contributed by atoms with Crippen molar-refractivity contribution >= 4 is 11.8 Å². The van der Waals surface area contributed by atoms with E-state index in [2.05, 4.69) is 36.5 Å². The molecule has 3 heteroatoms. The van der Waals surface area contributed by atoms with Gasteiger partial charge < -0.3 is 10.1 Å². The standard InChI is InChI=1S/C17H25NOS/c1-2-18-14-7-9-15(10-8-14)19-11-13-12-20-17-6-4-3-5-16(13)17/h3-6,13-15,18H,2,7-12H2,1H3. The summed E-state index contributed by atoms with van der Waals surface area (Å²) in [7, 11) is 0. The van der Waals surface area contributed by atoms with Crippen LogP contribution in [0.2, 0.25) is 0 Å². The van der Waals surface area contributed by atoms with Crippen LogP contribution < -0.4 is 5.32 Å². The highest BCUT2D eigenvalue weighted by Crippen LogP contribution is 2.39. The molecule has 1 aromatic rings. The van der Waals surface area contributed by atoms with Gasteiger partial charge in [0.2, 0.25) is 0 Å². The number of hydrogen-bond donors (Lipinski definition) is 1. The summed E-state index contributed by atoms with van der Waals surface area (Å²) < 4.78 is 6.21. The lowest BCUT2D eigenvalue weighted by Crippen LogP contribution is -2.35. The van der Waals surface area contributed by atoms with Crippen LogP contribution >= 0.6 is 11.8 Å². The van der Waals surface area contributed by atoms with E-state index in [0.29, 0.717) is 12.0 Å². The second-order valence-electron chi connectivity index (χ2n) is 5.91. The largest absolute Gasteiger partial charge is 0.378 e. The quantitative estimate of drug-likeness (QED) is 0.891. The number of hydrogen-bond acceptors (Lipinski definition) is 3. The smallest absolute Gasteiger partial charge is 0.0576 e. The Labute approximate surface area is 126 Å². The number of fused-ring (bicyclic) bond motifs is 1. The first-order chi connectivity index (χ1) is 9.86. The molecule has 1 unspecified atom stereocenters. The van der Waals surface area contributed by atoms with Gasteiger partial charge in [-0.15, -0.1) is 11.8 Å². The van der Waals surface area contributed by atoms with Crippen molar-refractivity contribution in [3.8, 4) is 0 Å². The number of ether oxygens (including phenoxy) is 1. The molecule has 0 aromatic heterocycles. The SMILES string of the molecule is CCNC1CCC(OCC2CSc3ccccc32)CC1. The van der Waals surface area contributed by atoms with Crippen molar-refractivity contribution in [3.05, 3.63) is 29.8 Å². The van der Waals surface area contributed by atoms with Crippen LogP contribution in [0.25, 0.3) is 0 Å². The van der Waals surface area contributed by atoms with Gasteiger partial charge in [0.25, 0.3) is 0 Å². The van der Waals surface area contributed by atoms with E-state index in [0.717, 1.165) is 19.2 Å². The minimum absolute atomic E-state index is 0.489. The van der Waals surface area contributed by atoms with Gasteiger partial charge in [-0.1, -0.05) is 25.1 Å². The monoisotopic (exact) mass is 291 g/mol. The predicted octanol–water partition coefficient (Wildman–Crippen LogP) is 3.81. The van der Waals surface area contributed by atoms with E-state index in [1.807, 2.05) is 11.8 Å².